The monoisotopic (exact) mass is 382 g/mol. The van der Waals surface area contributed by atoms with Crippen LogP contribution >= 0.6 is 0 Å². The summed E-state index contributed by atoms with van der Waals surface area (Å²) in [5, 5.41) is 28.3. The zero-order valence-corrected chi connectivity index (χ0v) is 15.9. The smallest absolute Gasteiger partial charge is 0.163 e. The molecule has 1 aliphatic rings. The van der Waals surface area contributed by atoms with Crippen molar-refractivity contribution >= 4 is 15.9 Å². The highest BCUT2D eigenvalue weighted by molar-refractivity contribution is 7.92. The van der Waals surface area contributed by atoms with Gasteiger partial charge in [0.1, 0.15) is 11.0 Å². The highest BCUT2D eigenvalue weighted by atomic mass is 32.2. The summed E-state index contributed by atoms with van der Waals surface area (Å²) in [6.07, 6.45) is 1.93. The second-order valence-electron chi connectivity index (χ2n) is 6.61. The second-order valence-corrected chi connectivity index (χ2v) is 8.79. The van der Waals surface area contributed by atoms with Crippen LogP contribution in [-0.4, -0.2) is 61.2 Å². The minimum absolute atomic E-state index is 0.129. The number of ether oxygens (including phenoxy) is 1. The predicted octanol–water partition coefficient (Wildman–Crippen LogP) is 1.67. The van der Waals surface area contributed by atoms with Crippen molar-refractivity contribution in [1.82, 2.24) is 0 Å². The van der Waals surface area contributed by atoms with Crippen molar-refractivity contribution in [2.75, 3.05) is 26.1 Å². The normalized spacial score (nSPS) is 21.2. The van der Waals surface area contributed by atoms with Gasteiger partial charge >= 0.3 is 0 Å². The van der Waals surface area contributed by atoms with Gasteiger partial charge in [-0.1, -0.05) is 23.8 Å². The molecule has 0 radical (unpaired) electrons. The third-order valence-electron chi connectivity index (χ3n) is 4.53. The largest absolute Gasteiger partial charge is 0.508 e. The lowest BCUT2D eigenvalue weighted by Gasteiger charge is -2.19. The lowest BCUT2D eigenvalue weighted by molar-refractivity contribution is 0.182. The molecule has 3 N–H and O–H groups in total. The number of sulfone groups is 1. The Morgan fingerprint density at radius 3 is 2.58 bits per heavy atom. The summed E-state index contributed by atoms with van der Waals surface area (Å²) < 4.78 is 29.5. The van der Waals surface area contributed by atoms with Gasteiger partial charge in [0.25, 0.3) is 0 Å². The third-order valence-corrected chi connectivity index (χ3v) is 6.55. The zero-order chi connectivity index (χ0) is 19.3. The van der Waals surface area contributed by atoms with E-state index < -0.39 is 27.8 Å². The van der Waals surface area contributed by atoms with Crippen molar-refractivity contribution in [3.63, 3.8) is 0 Å². The van der Waals surface area contributed by atoms with Gasteiger partial charge in [-0.25, -0.2) is 8.42 Å². The van der Waals surface area contributed by atoms with Crippen molar-refractivity contribution in [1.29, 1.82) is 0 Å². The molecule has 2 atom stereocenters. The summed E-state index contributed by atoms with van der Waals surface area (Å²) >= 11 is 0. The molecule has 0 amide bonds. The summed E-state index contributed by atoms with van der Waals surface area (Å²) in [5.41, 5.74) is 2.88. The first-order valence-electron chi connectivity index (χ1n) is 8.46. The topological polar surface area (TPSA) is 104 Å². The molecular weight excluding hydrogens is 356 g/mol. The van der Waals surface area contributed by atoms with Gasteiger partial charge in [0.05, 0.1) is 25.1 Å². The SMILES string of the molecule is COCC1=C([C@H](O)CC/C(C)=C/c2ccc(O)cc2)[C@H](CO)S(=O)(=O)C1. The number of rotatable bonds is 8. The molecule has 0 fully saturated rings. The fourth-order valence-electron chi connectivity index (χ4n) is 3.26. The maximum absolute atomic E-state index is 12.2. The van der Waals surface area contributed by atoms with E-state index in [4.69, 9.17) is 4.74 Å². The van der Waals surface area contributed by atoms with Crippen LogP contribution in [0.25, 0.3) is 6.08 Å². The number of phenolic OH excluding ortho intramolecular Hbond substituents is 1. The van der Waals surface area contributed by atoms with Crippen LogP contribution in [0.4, 0.5) is 0 Å². The van der Waals surface area contributed by atoms with Gasteiger partial charge in [0.2, 0.25) is 0 Å². The first-order chi connectivity index (χ1) is 12.3. The Balaban J connectivity index is 2.10. The molecule has 144 valence electrons. The summed E-state index contributed by atoms with van der Waals surface area (Å²) in [6, 6.07) is 6.79. The number of phenols is 1. The van der Waals surface area contributed by atoms with Crippen LogP contribution in [0.15, 0.2) is 41.0 Å². The van der Waals surface area contributed by atoms with Gasteiger partial charge in [0.15, 0.2) is 9.84 Å². The molecule has 2 rings (SSSR count). The van der Waals surface area contributed by atoms with Crippen LogP contribution < -0.4 is 0 Å². The zero-order valence-electron chi connectivity index (χ0n) is 15.1. The number of allylic oxidation sites excluding steroid dienone is 1. The first-order valence-corrected chi connectivity index (χ1v) is 10.2. The van der Waals surface area contributed by atoms with Crippen molar-refractivity contribution < 1.29 is 28.5 Å². The van der Waals surface area contributed by atoms with Crippen LogP contribution in [0.2, 0.25) is 0 Å². The van der Waals surface area contributed by atoms with Crippen LogP contribution in [-0.2, 0) is 14.6 Å². The number of aromatic hydroxyl groups is 1. The molecule has 1 aromatic carbocycles. The lowest BCUT2D eigenvalue weighted by atomic mass is 9.95. The molecule has 1 aliphatic heterocycles. The van der Waals surface area contributed by atoms with E-state index in [2.05, 4.69) is 0 Å². The van der Waals surface area contributed by atoms with E-state index in [1.54, 1.807) is 24.3 Å². The van der Waals surface area contributed by atoms with Crippen LogP contribution in [0.3, 0.4) is 0 Å². The maximum atomic E-state index is 12.2. The number of aliphatic hydroxyl groups excluding tert-OH is 2. The number of hydrogen-bond acceptors (Lipinski definition) is 6. The molecule has 0 unspecified atom stereocenters. The molecule has 0 aliphatic carbocycles. The number of benzene rings is 1. The Morgan fingerprint density at radius 1 is 1.35 bits per heavy atom. The summed E-state index contributed by atoms with van der Waals surface area (Å²) in [5.74, 6) is 0.0196. The van der Waals surface area contributed by atoms with E-state index >= 15 is 0 Å². The fourth-order valence-corrected chi connectivity index (χ4v) is 5.13. The van der Waals surface area contributed by atoms with Gasteiger partial charge in [-0.2, -0.15) is 0 Å². The summed E-state index contributed by atoms with van der Waals surface area (Å²) in [7, 11) is -2.02. The number of hydrogen-bond donors (Lipinski definition) is 3. The summed E-state index contributed by atoms with van der Waals surface area (Å²) in [4.78, 5) is 0. The van der Waals surface area contributed by atoms with E-state index in [9.17, 15) is 23.7 Å². The molecule has 26 heavy (non-hydrogen) atoms. The van der Waals surface area contributed by atoms with Crippen molar-refractivity contribution in [2.45, 2.75) is 31.1 Å². The molecule has 0 saturated heterocycles. The Morgan fingerprint density at radius 2 is 2.00 bits per heavy atom. The molecule has 0 spiro atoms. The van der Waals surface area contributed by atoms with E-state index in [0.29, 0.717) is 24.0 Å². The number of methoxy groups -OCH3 is 1. The Kier molecular flexibility index (Phi) is 7.00. The first kappa shape index (κ1) is 20.6. The Bertz CT molecular complexity index is 777. The van der Waals surface area contributed by atoms with Gasteiger partial charge in [-0.05, 0) is 48.6 Å². The van der Waals surface area contributed by atoms with Gasteiger partial charge in [0, 0.05) is 7.11 Å². The van der Waals surface area contributed by atoms with Crippen molar-refractivity contribution in [3.8, 4) is 5.75 Å². The van der Waals surface area contributed by atoms with Crippen molar-refractivity contribution in [3.05, 3.63) is 46.5 Å². The second kappa shape index (κ2) is 8.81. The van der Waals surface area contributed by atoms with Crippen LogP contribution in [0.5, 0.6) is 5.75 Å². The molecule has 0 bridgehead atoms. The van der Waals surface area contributed by atoms with Crippen molar-refractivity contribution in [2.24, 2.45) is 0 Å². The van der Waals surface area contributed by atoms with Gasteiger partial charge < -0.3 is 20.1 Å². The standard InChI is InChI=1S/C19H26O6S/c1-13(9-14-4-6-16(21)7-5-14)3-8-17(22)19-15(11-25-2)12-26(23,24)18(19)10-20/h4-7,9,17-18,20-22H,3,8,10-12H2,1-2H3/b13-9+/t17-,18+/m1/s1. The Hall–Kier alpha value is -1.67. The van der Waals surface area contributed by atoms with E-state index in [0.717, 1.165) is 11.1 Å². The molecule has 0 aromatic heterocycles. The quantitative estimate of drug-likeness (QED) is 0.591. The molecular formula is C19H26O6S. The lowest BCUT2D eigenvalue weighted by Crippen LogP contribution is -2.29. The van der Waals surface area contributed by atoms with E-state index in [1.807, 2.05) is 13.0 Å². The minimum Gasteiger partial charge on any atom is -0.508 e. The molecule has 0 saturated carbocycles. The summed E-state index contributed by atoms with van der Waals surface area (Å²) in [6.45, 7) is 1.52. The average Bonchev–Trinajstić information content (AvgIpc) is 2.84. The maximum Gasteiger partial charge on any atom is 0.163 e. The fraction of sp³-hybridized carbons (Fsp3) is 0.474. The highest BCUT2D eigenvalue weighted by Crippen LogP contribution is 2.32. The van der Waals surface area contributed by atoms with Gasteiger partial charge in [-0.3, -0.25) is 0 Å². The molecule has 1 aromatic rings. The van der Waals surface area contributed by atoms with E-state index in [1.165, 1.54) is 7.11 Å². The molecule has 1 heterocycles. The van der Waals surface area contributed by atoms with E-state index in [-0.39, 0.29) is 18.1 Å². The Labute approximate surface area is 154 Å². The molecule has 6 nitrogen and oxygen atoms in total. The van der Waals surface area contributed by atoms with Gasteiger partial charge in [-0.15, -0.1) is 0 Å². The predicted molar refractivity (Wildman–Crippen MR) is 101 cm³/mol. The molecule has 7 heteroatoms. The highest BCUT2D eigenvalue weighted by Gasteiger charge is 2.40. The van der Waals surface area contributed by atoms with Crippen LogP contribution in [0, 0.1) is 0 Å². The third kappa shape index (κ3) is 4.94. The van der Waals surface area contributed by atoms with Crippen LogP contribution in [0.1, 0.15) is 25.3 Å². The average molecular weight is 382 g/mol. The minimum atomic E-state index is -3.50. The number of aliphatic hydroxyl groups is 2.